The van der Waals surface area contributed by atoms with Gasteiger partial charge >= 0.3 is 0 Å². The first-order valence-corrected chi connectivity index (χ1v) is 12.9. The number of thioether (sulfide) groups is 1. The number of carbonyl (C=O) groups is 1. The number of thiazole rings is 1. The molecule has 1 atom stereocenters. The second kappa shape index (κ2) is 9.12. The minimum Gasteiger partial charge on any atom is -0.328 e. The highest BCUT2D eigenvalue weighted by Gasteiger charge is 2.34. The molecule has 0 N–H and O–H groups in total. The highest BCUT2D eigenvalue weighted by Crippen LogP contribution is 2.34. The summed E-state index contributed by atoms with van der Waals surface area (Å²) in [5.74, 6) is 3.03. The van der Waals surface area contributed by atoms with Gasteiger partial charge in [0.1, 0.15) is 10.2 Å². The van der Waals surface area contributed by atoms with Crippen LogP contribution in [-0.2, 0) is 18.7 Å². The number of aromatic nitrogens is 4. The van der Waals surface area contributed by atoms with Gasteiger partial charge in [-0.2, -0.15) is 0 Å². The lowest BCUT2D eigenvalue weighted by molar-refractivity contribution is 0.0727. The molecule has 1 unspecified atom stereocenters. The topological polar surface area (TPSA) is 63.9 Å². The van der Waals surface area contributed by atoms with Gasteiger partial charge < -0.3 is 9.47 Å². The molecule has 31 heavy (non-hydrogen) atoms. The minimum atomic E-state index is 0.0372. The first kappa shape index (κ1) is 20.7. The van der Waals surface area contributed by atoms with Gasteiger partial charge in [-0.1, -0.05) is 30.3 Å². The zero-order valence-electron chi connectivity index (χ0n) is 17.8. The second-order valence-electron chi connectivity index (χ2n) is 8.33. The summed E-state index contributed by atoms with van der Waals surface area (Å²) >= 11 is 3.42. The van der Waals surface area contributed by atoms with Crippen molar-refractivity contribution >= 4 is 29.0 Å². The molecule has 0 bridgehead atoms. The van der Waals surface area contributed by atoms with Crippen LogP contribution in [0.5, 0.6) is 0 Å². The Morgan fingerprint density at radius 2 is 2.00 bits per heavy atom. The first-order chi connectivity index (χ1) is 15.2. The SMILES string of the molecule is Cc1csc(SCc2ccc(C(=O)N3CCCC3c3nnc4n3CCCCC4)cc2)n1. The Morgan fingerprint density at radius 3 is 2.81 bits per heavy atom. The maximum Gasteiger partial charge on any atom is 0.254 e. The lowest BCUT2D eigenvalue weighted by atomic mass is 10.1. The number of hydrogen-bond acceptors (Lipinski definition) is 6. The lowest BCUT2D eigenvalue weighted by Gasteiger charge is -2.25. The molecule has 6 nitrogen and oxygen atoms in total. The van der Waals surface area contributed by atoms with Gasteiger partial charge in [0.25, 0.3) is 5.91 Å². The quantitative estimate of drug-likeness (QED) is 0.507. The maximum atomic E-state index is 13.3. The molecule has 1 aromatic carbocycles. The van der Waals surface area contributed by atoms with E-state index in [1.807, 2.05) is 24.0 Å². The maximum absolute atomic E-state index is 13.3. The van der Waals surface area contributed by atoms with E-state index < -0.39 is 0 Å². The summed E-state index contributed by atoms with van der Waals surface area (Å²) in [6, 6.07) is 8.09. The molecule has 0 radical (unpaired) electrons. The van der Waals surface area contributed by atoms with Crippen molar-refractivity contribution in [2.75, 3.05) is 6.54 Å². The van der Waals surface area contributed by atoms with Crippen molar-refractivity contribution in [3.05, 3.63) is 58.1 Å². The summed E-state index contributed by atoms with van der Waals surface area (Å²) in [6.45, 7) is 3.78. The molecule has 3 aromatic rings. The summed E-state index contributed by atoms with van der Waals surface area (Å²) in [6.07, 6.45) is 6.56. The van der Waals surface area contributed by atoms with E-state index in [2.05, 4.69) is 37.3 Å². The largest absolute Gasteiger partial charge is 0.328 e. The number of fused-ring (bicyclic) bond motifs is 1. The van der Waals surface area contributed by atoms with Gasteiger partial charge in [-0.3, -0.25) is 4.79 Å². The molecule has 2 aliphatic rings. The first-order valence-electron chi connectivity index (χ1n) is 11.1. The van der Waals surface area contributed by atoms with Crippen LogP contribution in [0, 0.1) is 6.92 Å². The van der Waals surface area contributed by atoms with Gasteiger partial charge in [0.15, 0.2) is 5.82 Å². The molecule has 0 spiro atoms. The Balaban J connectivity index is 1.28. The summed E-state index contributed by atoms with van der Waals surface area (Å²) in [5, 5.41) is 11.1. The van der Waals surface area contributed by atoms with Crippen LogP contribution in [0.3, 0.4) is 0 Å². The third-order valence-electron chi connectivity index (χ3n) is 6.11. The van der Waals surface area contributed by atoms with Crippen LogP contribution in [0.4, 0.5) is 0 Å². The number of benzene rings is 1. The van der Waals surface area contributed by atoms with Crippen molar-refractivity contribution in [2.24, 2.45) is 0 Å². The van der Waals surface area contributed by atoms with E-state index in [1.54, 1.807) is 23.1 Å². The van der Waals surface area contributed by atoms with Crippen molar-refractivity contribution in [3.8, 4) is 0 Å². The van der Waals surface area contributed by atoms with Crippen LogP contribution in [0.2, 0.25) is 0 Å². The zero-order valence-corrected chi connectivity index (χ0v) is 19.4. The molecule has 5 rings (SSSR count). The fourth-order valence-corrected chi connectivity index (χ4v) is 6.29. The van der Waals surface area contributed by atoms with Crippen LogP contribution < -0.4 is 0 Å². The van der Waals surface area contributed by atoms with Gasteiger partial charge in [0.05, 0.1) is 6.04 Å². The monoisotopic (exact) mass is 453 g/mol. The number of amides is 1. The van der Waals surface area contributed by atoms with E-state index in [-0.39, 0.29) is 11.9 Å². The molecule has 1 saturated heterocycles. The fraction of sp³-hybridized carbons (Fsp3) is 0.478. The van der Waals surface area contributed by atoms with Crippen molar-refractivity contribution in [1.29, 1.82) is 0 Å². The average molecular weight is 454 g/mol. The van der Waals surface area contributed by atoms with Gasteiger partial charge in [-0.25, -0.2) is 4.98 Å². The van der Waals surface area contributed by atoms with Gasteiger partial charge in [-0.15, -0.1) is 21.5 Å². The summed E-state index contributed by atoms with van der Waals surface area (Å²) < 4.78 is 3.37. The fourth-order valence-electron chi connectivity index (χ4n) is 4.49. The lowest BCUT2D eigenvalue weighted by Crippen LogP contribution is -2.32. The molecule has 2 aliphatic heterocycles. The second-order valence-corrected chi connectivity index (χ2v) is 10.4. The Bertz CT molecular complexity index is 1060. The molecule has 0 aliphatic carbocycles. The standard InChI is InChI=1S/C23H27N5OS2/c1-16-14-30-23(24-16)31-15-17-8-10-18(11-9-17)22(29)27-13-5-6-19(27)21-26-25-20-7-3-2-4-12-28(20)21/h8-11,14,19H,2-7,12-13,15H2,1H3. The predicted molar refractivity (Wildman–Crippen MR) is 123 cm³/mol. The van der Waals surface area contributed by atoms with Crippen LogP contribution in [0.1, 0.15) is 71.4 Å². The summed E-state index contributed by atoms with van der Waals surface area (Å²) in [5.41, 5.74) is 3.02. The molecule has 4 heterocycles. The Labute approximate surface area is 191 Å². The van der Waals surface area contributed by atoms with E-state index in [0.29, 0.717) is 0 Å². The molecule has 2 aromatic heterocycles. The Hall–Kier alpha value is -2.19. The zero-order chi connectivity index (χ0) is 21.2. The minimum absolute atomic E-state index is 0.0372. The van der Waals surface area contributed by atoms with Crippen molar-refractivity contribution < 1.29 is 4.79 Å². The van der Waals surface area contributed by atoms with Crippen LogP contribution >= 0.6 is 23.1 Å². The Kier molecular flexibility index (Phi) is 6.09. The molecular formula is C23H27N5OS2. The average Bonchev–Trinajstić information content (AvgIpc) is 3.49. The number of rotatable bonds is 5. The number of hydrogen-bond donors (Lipinski definition) is 0. The molecule has 8 heteroatoms. The van der Waals surface area contributed by atoms with Gasteiger partial charge in [-0.05, 0) is 50.3 Å². The molecular weight excluding hydrogens is 426 g/mol. The van der Waals surface area contributed by atoms with E-state index >= 15 is 0 Å². The highest BCUT2D eigenvalue weighted by atomic mass is 32.2. The van der Waals surface area contributed by atoms with E-state index in [0.717, 1.165) is 65.4 Å². The Morgan fingerprint density at radius 1 is 1.13 bits per heavy atom. The number of aryl methyl sites for hydroxylation is 2. The number of nitrogens with zero attached hydrogens (tertiary/aromatic N) is 5. The van der Waals surface area contributed by atoms with E-state index in [9.17, 15) is 4.79 Å². The van der Waals surface area contributed by atoms with Crippen LogP contribution in [0.15, 0.2) is 34.0 Å². The van der Waals surface area contributed by atoms with Crippen LogP contribution in [0.25, 0.3) is 0 Å². The third kappa shape index (κ3) is 4.41. The highest BCUT2D eigenvalue weighted by molar-refractivity contribution is 8.00. The van der Waals surface area contributed by atoms with Crippen LogP contribution in [-0.4, -0.2) is 37.1 Å². The third-order valence-corrected chi connectivity index (χ3v) is 8.32. The molecule has 1 amide bonds. The normalized spacial score (nSPS) is 18.7. The predicted octanol–water partition coefficient (Wildman–Crippen LogP) is 5.04. The number of carbonyl (C=O) groups excluding carboxylic acids is 1. The summed E-state index contributed by atoms with van der Waals surface area (Å²) in [4.78, 5) is 19.8. The van der Waals surface area contributed by atoms with Crippen molar-refractivity contribution in [1.82, 2.24) is 24.6 Å². The van der Waals surface area contributed by atoms with Gasteiger partial charge in [0, 0.05) is 41.9 Å². The molecule has 162 valence electrons. The molecule has 0 saturated carbocycles. The van der Waals surface area contributed by atoms with Gasteiger partial charge in [0.2, 0.25) is 0 Å². The van der Waals surface area contributed by atoms with E-state index in [1.165, 1.54) is 24.8 Å². The van der Waals surface area contributed by atoms with Crippen molar-refractivity contribution in [3.63, 3.8) is 0 Å². The smallest absolute Gasteiger partial charge is 0.254 e. The molecule has 1 fully saturated rings. The van der Waals surface area contributed by atoms with Crippen molar-refractivity contribution in [2.45, 2.75) is 68.1 Å². The number of likely N-dealkylation sites (tertiary alicyclic amines) is 1. The van der Waals surface area contributed by atoms with E-state index in [4.69, 9.17) is 0 Å². The summed E-state index contributed by atoms with van der Waals surface area (Å²) in [7, 11) is 0.